The summed E-state index contributed by atoms with van der Waals surface area (Å²) >= 11 is 0. The van der Waals surface area contributed by atoms with E-state index in [0.29, 0.717) is 6.42 Å². The SMILES string of the molecule is CC(O)C(Cc1ccccc1)NC(=O)c1cc(C(=O)N[C@H](C)c2ccccc2)cc(N(C)S(C)(=O)=O)c1. The Kier molecular flexibility index (Phi) is 9.07. The molecule has 0 heterocycles. The van der Waals surface area contributed by atoms with E-state index >= 15 is 0 Å². The van der Waals surface area contributed by atoms with Crippen LogP contribution in [0.5, 0.6) is 0 Å². The first kappa shape index (κ1) is 27.9. The van der Waals surface area contributed by atoms with Crippen molar-refractivity contribution in [2.45, 2.75) is 38.5 Å². The normalized spacial score (nSPS) is 13.8. The van der Waals surface area contributed by atoms with Crippen LogP contribution in [0.1, 0.15) is 51.7 Å². The van der Waals surface area contributed by atoms with Gasteiger partial charge in [-0.1, -0.05) is 60.7 Å². The Balaban J connectivity index is 1.91. The summed E-state index contributed by atoms with van der Waals surface area (Å²) < 4.78 is 25.4. The van der Waals surface area contributed by atoms with E-state index in [0.717, 1.165) is 21.7 Å². The largest absolute Gasteiger partial charge is 0.391 e. The second-order valence-electron chi connectivity index (χ2n) is 9.12. The third-order valence-electron chi connectivity index (χ3n) is 6.15. The number of hydrogen-bond acceptors (Lipinski definition) is 5. The smallest absolute Gasteiger partial charge is 0.251 e. The number of sulfonamides is 1. The highest BCUT2D eigenvalue weighted by Gasteiger charge is 2.23. The summed E-state index contributed by atoms with van der Waals surface area (Å²) in [7, 11) is -2.30. The molecule has 0 bridgehead atoms. The maximum absolute atomic E-state index is 13.3. The molecule has 0 radical (unpaired) electrons. The third-order valence-corrected chi connectivity index (χ3v) is 7.35. The molecule has 2 amide bonds. The third kappa shape index (κ3) is 7.65. The predicted molar refractivity (Wildman–Crippen MR) is 145 cm³/mol. The standard InChI is InChI=1S/C28H33N3O5S/c1-19(22-13-9-6-10-14-22)29-27(33)23-16-24(18-25(17-23)31(3)37(4,35)36)28(34)30-26(20(2)32)15-21-11-7-5-8-12-21/h5-14,16-20,26,32H,15H2,1-4H3,(H,29,33)(H,30,34)/t19-,20?,26?/m1/s1. The van der Waals surface area contributed by atoms with Gasteiger partial charge in [-0.25, -0.2) is 8.42 Å². The van der Waals surface area contributed by atoms with Gasteiger partial charge < -0.3 is 15.7 Å². The predicted octanol–water partition coefficient (Wildman–Crippen LogP) is 3.30. The van der Waals surface area contributed by atoms with Crippen molar-refractivity contribution in [1.82, 2.24) is 10.6 Å². The van der Waals surface area contributed by atoms with Crippen LogP contribution in [0.4, 0.5) is 5.69 Å². The zero-order valence-electron chi connectivity index (χ0n) is 21.4. The number of carbonyl (C=O) groups excluding carboxylic acids is 2. The van der Waals surface area contributed by atoms with Crippen LogP contribution in [0.25, 0.3) is 0 Å². The number of amides is 2. The molecule has 0 aliphatic carbocycles. The molecule has 0 saturated heterocycles. The van der Waals surface area contributed by atoms with Crippen molar-refractivity contribution < 1.29 is 23.1 Å². The van der Waals surface area contributed by atoms with Gasteiger partial charge in [-0.05, 0) is 49.6 Å². The Morgan fingerprint density at radius 1 is 0.865 bits per heavy atom. The van der Waals surface area contributed by atoms with Gasteiger partial charge in [0.15, 0.2) is 0 Å². The Morgan fingerprint density at radius 3 is 1.89 bits per heavy atom. The summed E-state index contributed by atoms with van der Waals surface area (Å²) in [6.45, 7) is 3.43. The summed E-state index contributed by atoms with van der Waals surface area (Å²) in [6, 6.07) is 22.2. The van der Waals surface area contributed by atoms with Gasteiger partial charge in [-0.2, -0.15) is 0 Å². The van der Waals surface area contributed by atoms with Crippen LogP contribution in [0.2, 0.25) is 0 Å². The van der Waals surface area contributed by atoms with Crippen molar-refractivity contribution in [1.29, 1.82) is 0 Å². The Hall–Kier alpha value is -3.69. The van der Waals surface area contributed by atoms with E-state index in [1.807, 2.05) is 67.6 Å². The molecule has 196 valence electrons. The topological polar surface area (TPSA) is 116 Å². The number of benzene rings is 3. The van der Waals surface area contributed by atoms with Crippen molar-refractivity contribution in [3.05, 3.63) is 101 Å². The number of anilines is 1. The number of rotatable bonds is 10. The average molecular weight is 524 g/mol. The van der Waals surface area contributed by atoms with E-state index in [1.54, 1.807) is 6.92 Å². The first-order valence-corrected chi connectivity index (χ1v) is 13.8. The lowest BCUT2D eigenvalue weighted by Gasteiger charge is -2.23. The lowest BCUT2D eigenvalue weighted by molar-refractivity contribution is 0.0859. The van der Waals surface area contributed by atoms with E-state index in [9.17, 15) is 23.1 Å². The van der Waals surface area contributed by atoms with Crippen LogP contribution in [-0.2, 0) is 16.4 Å². The van der Waals surface area contributed by atoms with Crippen LogP contribution < -0.4 is 14.9 Å². The highest BCUT2D eigenvalue weighted by molar-refractivity contribution is 7.92. The molecule has 37 heavy (non-hydrogen) atoms. The highest BCUT2D eigenvalue weighted by Crippen LogP contribution is 2.22. The van der Waals surface area contributed by atoms with E-state index in [1.165, 1.54) is 25.2 Å². The molecule has 0 aromatic heterocycles. The van der Waals surface area contributed by atoms with Crippen molar-refractivity contribution >= 4 is 27.5 Å². The van der Waals surface area contributed by atoms with E-state index in [-0.39, 0.29) is 22.9 Å². The Bertz CT molecular complexity index is 1330. The lowest BCUT2D eigenvalue weighted by Crippen LogP contribution is -2.43. The minimum absolute atomic E-state index is 0.101. The highest BCUT2D eigenvalue weighted by atomic mass is 32.2. The Labute approximate surface area is 218 Å². The van der Waals surface area contributed by atoms with Gasteiger partial charge in [-0.3, -0.25) is 13.9 Å². The first-order chi connectivity index (χ1) is 17.5. The van der Waals surface area contributed by atoms with Gasteiger partial charge in [0, 0.05) is 18.2 Å². The summed E-state index contributed by atoms with van der Waals surface area (Å²) in [6.07, 6.45) is 0.593. The number of nitrogens with zero attached hydrogens (tertiary/aromatic N) is 1. The molecule has 0 aliphatic rings. The molecule has 3 aromatic carbocycles. The van der Waals surface area contributed by atoms with E-state index in [2.05, 4.69) is 10.6 Å². The van der Waals surface area contributed by atoms with Crippen molar-refractivity contribution in [3.8, 4) is 0 Å². The molecular weight excluding hydrogens is 490 g/mol. The summed E-state index contributed by atoms with van der Waals surface area (Å²) in [5, 5.41) is 16.0. The molecule has 0 aliphatic heterocycles. The minimum Gasteiger partial charge on any atom is -0.391 e. The van der Waals surface area contributed by atoms with Crippen LogP contribution in [-0.4, -0.2) is 50.8 Å². The molecule has 3 N–H and O–H groups in total. The molecule has 0 fully saturated rings. The van der Waals surface area contributed by atoms with Gasteiger partial charge >= 0.3 is 0 Å². The second kappa shape index (κ2) is 12.0. The van der Waals surface area contributed by atoms with Crippen LogP contribution in [0.3, 0.4) is 0 Å². The monoisotopic (exact) mass is 523 g/mol. The molecule has 3 aromatic rings. The van der Waals surface area contributed by atoms with Crippen molar-refractivity contribution in [3.63, 3.8) is 0 Å². The molecule has 0 spiro atoms. The molecule has 9 heteroatoms. The van der Waals surface area contributed by atoms with Crippen molar-refractivity contribution in [2.75, 3.05) is 17.6 Å². The number of carbonyl (C=O) groups is 2. The number of aliphatic hydroxyl groups excluding tert-OH is 1. The second-order valence-corrected chi connectivity index (χ2v) is 11.1. The fourth-order valence-electron chi connectivity index (χ4n) is 3.81. The maximum Gasteiger partial charge on any atom is 0.251 e. The van der Waals surface area contributed by atoms with Crippen LogP contribution in [0.15, 0.2) is 78.9 Å². The zero-order valence-corrected chi connectivity index (χ0v) is 22.2. The number of hydrogen-bond donors (Lipinski definition) is 3. The summed E-state index contributed by atoms with van der Waals surface area (Å²) in [5.41, 5.74) is 2.25. The summed E-state index contributed by atoms with van der Waals surface area (Å²) in [5.74, 6) is -0.985. The average Bonchev–Trinajstić information content (AvgIpc) is 2.88. The fourth-order valence-corrected chi connectivity index (χ4v) is 4.30. The lowest BCUT2D eigenvalue weighted by atomic mass is 10.0. The molecular formula is C28H33N3O5S. The molecule has 3 rings (SSSR count). The zero-order chi connectivity index (χ0) is 27.2. The molecule has 8 nitrogen and oxygen atoms in total. The van der Waals surface area contributed by atoms with E-state index in [4.69, 9.17) is 0 Å². The van der Waals surface area contributed by atoms with E-state index < -0.39 is 34.0 Å². The first-order valence-electron chi connectivity index (χ1n) is 11.9. The number of nitrogens with one attached hydrogen (secondary N) is 2. The summed E-state index contributed by atoms with van der Waals surface area (Å²) in [4.78, 5) is 26.4. The van der Waals surface area contributed by atoms with Crippen LogP contribution >= 0.6 is 0 Å². The van der Waals surface area contributed by atoms with Gasteiger partial charge in [-0.15, -0.1) is 0 Å². The van der Waals surface area contributed by atoms with Crippen LogP contribution in [0, 0.1) is 0 Å². The van der Waals surface area contributed by atoms with Gasteiger partial charge in [0.25, 0.3) is 11.8 Å². The number of aliphatic hydroxyl groups is 1. The fraction of sp³-hybridized carbons (Fsp3) is 0.286. The molecule has 3 atom stereocenters. The Morgan fingerprint density at radius 2 is 1.38 bits per heavy atom. The quantitative estimate of drug-likeness (QED) is 0.377. The van der Waals surface area contributed by atoms with Gasteiger partial charge in [0.2, 0.25) is 10.0 Å². The van der Waals surface area contributed by atoms with Gasteiger partial charge in [0.05, 0.1) is 30.1 Å². The minimum atomic E-state index is -3.65. The van der Waals surface area contributed by atoms with Gasteiger partial charge in [0.1, 0.15) is 0 Å². The maximum atomic E-state index is 13.3. The van der Waals surface area contributed by atoms with Crippen molar-refractivity contribution in [2.24, 2.45) is 0 Å². The molecule has 0 saturated carbocycles. The molecule has 2 unspecified atom stereocenters.